The minimum Gasteiger partial charge on any atom is -0.317 e. The Morgan fingerprint density at radius 3 is 2.71 bits per heavy atom. The van der Waals surface area contributed by atoms with E-state index >= 15 is 0 Å². The minimum atomic E-state index is 1.08. The van der Waals surface area contributed by atoms with E-state index in [1.54, 1.807) is 0 Å². The van der Waals surface area contributed by atoms with Crippen molar-refractivity contribution in [1.82, 2.24) is 5.32 Å². The summed E-state index contributed by atoms with van der Waals surface area (Å²) in [5.41, 5.74) is 4.30. The van der Waals surface area contributed by atoms with E-state index in [9.17, 15) is 0 Å². The number of hydrogen-bond donors (Lipinski definition) is 1. The van der Waals surface area contributed by atoms with Crippen LogP contribution >= 0.6 is 0 Å². The van der Waals surface area contributed by atoms with Crippen molar-refractivity contribution >= 4 is 0 Å². The first kappa shape index (κ1) is 11.3. The smallest absolute Gasteiger partial charge is 0.00459 e. The van der Waals surface area contributed by atoms with Crippen molar-refractivity contribution in [2.24, 2.45) is 0 Å². The monoisotopic (exact) mass is 191 g/mol. The lowest BCUT2D eigenvalue weighted by Gasteiger charge is -2.07. The third kappa shape index (κ3) is 3.51. The molecule has 14 heavy (non-hydrogen) atoms. The van der Waals surface area contributed by atoms with Gasteiger partial charge in [-0.15, -0.1) is 0 Å². The van der Waals surface area contributed by atoms with Gasteiger partial charge in [-0.25, -0.2) is 0 Å². The third-order valence-corrected chi connectivity index (χ3v) is 2.55. The summed E-state index contributed by atoms with van der Waals surface area (Å²) in [5.74, 6) is 0. The van der Waals surface area contributed by atoms with Gasteiger partial charge in [-0.2, -0.15) is 0 Å². The molecule has 1 aromatic carbocycles. The van der Waals surface area contributed by atoms with Crippen LogP contribution in [0.4, 0.5) is 0 Å². The first-order valence-electron chi connectivity index (χ1n) is 5.51. The molecule has 0 radical (unpaired) electrons. The van der Waals surface area contributed by atoms with Crippen molar-refractivity contribution in [3.05, 3.63) is 34.9 Å². The summed E-state index contributed by atoms with van der Waals surface area (Å²) in [6, 6.07) is 6.71. The van der Waals surface area contributed by atoms with Crippen LogP contribution in [-0.4, -0.2) is 13.1 Å². The fraction of sp³-hybridized carbons (Fsp3) is 0.538. The molecule has 0 unspecified atom stereocenters. The highest BCUT2D eigenvalue weighted by Gasteiger charge is 1.97. The fourth-order valence-corrected chi connectivity index (χ4v) is 1.65. The zero-order chi connectivity index (χ0) is 10.4. The molecule has 0 aliphatic heterocycles. The Hall–Kier alpha value is -0.820. The fourth-order valence-electron chi connectivity index (χ4n) is 1.65. The lowest BCUT2D eigenvalue weighted by Crippen LogP contribution is -2.14. The van der Waals surface area contributed by atoms with Crippen LogP contribution in [0.1, 0.15) is 30.0 Å². The van der Waals surface area contributed by atoms with Crippen LogP contribution in [-0.2, 0) is 6.42 Å². The van der Waals surface area contributed by atoms with Gasteiger partial charge in [0.2, 0.25) is 0 Å². The van der Waals surface area contributed by atoms with E-state index in [2.05, 4.69) is 44.3 Å². The van der Waals surface area contributed by atoms with Gasteiger partial charge in [0.05, 0.1) is 0 Å². The molecule has 0 bridgehead atoms. The van der Waals surface area contributed by atoms with Crippen molar-refractivity contribution in [2.45, 2.75) is 33.6 Å². The maximum Gasteiger partial charge on any atom is -0.00459 e. The Bertz CT molecular complexity index is 279. The third-order valence-electron chi connectivity index (χ3n) is 2.55. The number of aryl methyl sites for hydroxylation is 3. The van der Waals surface area contributed by atoms with Crippen molar-refractivity contribution < 1.29 is 0 Å². The van der Waals surface area contributed by atoms with Gasteiger partial charge in [0.25, 0.3) is 0 Å². The predicted octanol–water partition coefficient (Wildman–Crippen LogP) is 2.85. The molecule has 1 rings (SSSR count). The lowest BCUT2D eigenvalue weighted by molar-refractivity contribution is 0.671. The van der Waals surface area contributed by atoms with Gasteiger partial charge in [-0.05, 0) is 50.9 Å². The van der Waals surface area contributed by atoms with Gasteiger partial charge >= 0.3 is 0 Å². The first-order valence-corrected chi connectivity index (χ1v) is 5.51. The molecule has 1 aromatic rings. The van der Waals surface area contributed by atoms with Crippen LogP contribution in [0.3, 0.4) is 0 Å². The van der Waals surface area contributed by atoms with E-state index in [1.165, 1.54) is 29.5 Å². The van der Waals surface area contributed by atoms with Crippen LogP contribution < -0.4 is 5.32 Å². The molecular weight excluding hydrogens is 170 g/mol. The Labute approximate surface area is 87.5 Å². The normalized spacial score (nSPS) is 10.5. The Morgan fingerprint density at radius 2 is 2.00 bits per heavy atom. The van der Waals surface area contributed by atoms with E-state index in [0.717, 1.165) is 13.1 Å². The highest BCUT2D eigenvalue weighted by atomic mass is 14.8. The largest absolute Gasteiger partial charge is 0.317 e. The molecule has 0 saturated heterocycles. The molecule has 0 heterocycles. The molecule has 1 nitrogen and oxygen atoms in total. The highest BCUT2D eigenvalue weighted by molar-refractivity contribution is 5.30. The summed E-state index contributed by atoms with van der Waals surface area (Å²) < 4.78 is 0. The summed E-state index contributed by atoms with van der Waals surface area (Å²) >= 11 is 0. The van der Waals surface area contributed by atoms with Gasteiger partial charge in [0.15, 0.2) is 0 Å². The first-order chi connectivity index (χ1) is 6.74. The molecule has 0 aliphatic rings. The summed E-state index contributed by atoms with van der Waals surface area (Å²) in [6.45, 7) is 8.71. The van der Waals surface area contributed by atoms with Gasteiger partial charge in [0, 0.05) is 0 Å². The number of rotatable bonds is 5. The second-order valence-electron chi connectivity index (χ2n) is 3.89. The maximum atomic E-state index is 3.35. The molecule has 0 aliphatic carbocycles. The molecule has 0 fully saturated rings. The van der Waals surface area contributed by atoms with Gasteiger partial charge in [0.1, 0.15) is 0 Å². The van der Waals surface area contributed by atoms with E-state index in [4.69, 9.17) is 0 Å². The lowest BCUT2D eigenvalue weighted by atomic mass is 10.0. The van der Waals surface area contributed by atoms with E-state index in [0.29, 0.717) is 0 Å². The second kappa shape index (κ2) is 5.82. The highest BCUT2D eigenvalue weighted by Crippen LogP contribution is 2.12. The number of hydrogen-bond acceptors (Lipinski definition) is 1. The summed E-state index contributed by atoms with van der Waals surface area (Å²) in [7, 11) is 0. The summed E-state index contributed by atoms with van der Waals surface area (Å²) in [4.78, 5) is 0. The molecule has 1 N–H and O–H groups in total. The van der Waals surface area contributed by atoms with Crippen LogP contribution in [0, 0.1) is 13.8 Å². The average molecular weight is 191 g/mol. The summed E-state index contributed by atoms with van der Waals surface area (Å²) in [6.07, 6.45) is 2.43. The Balaban J connectivity index is 2.45. The standard InChI is InChI=1S/C13H21N/c1-4-14-9-5-6-13-10-11(2)7-8-12(13)3/h7-8,10,14H,4-6,9H2,1-3H3. The minimum absolute atomic E-state index is 1.08. The number of nitrogens with one attached hydrogen (secondary N) is 1. The second-order valence-corrected chi connectivity index (χ2v) is 3.89. The van der Waals surface area contributed by atoms with Gasteiger partial charge in [-0.3, -0.25) is 0 Å². The van der Waals surface area contributed by atoms with E-state index in [1.807, 2.05) is 0 Å². The Kier molecular flexibility index (Phi) is 4.68. The predicted molar refractivity (Wildman–Crippen MR) is 62.8 cm³/mol. The molecule has 0 atom stereocenters. The molecule has 0 spiro atoms. The van der Waals surface area contributed by atoms with Gasteiger partial charge in [-0.1, -0.05) is 30.7 Å². The van der Waals surface area contributed by atoms with E-state index in [-0.39, 0.29) is 0 Å². The zero-order valence-corrected chi connectivity index (χ0v) is 9.56. The quantitative estimate of drug-likeness (QED) is 0.706. The molecule has 0 aromatic heterocycles. The Morgan fingerprint density at radius 1 is 1.21 bits per heavy atom. The number of benzene rings is 1. The molecule has 0 saturated carbocycles. The van der Waals surface area contributed by atoms with Crippen molar-refractivity contribution in [3.8, 4) is 0 Å². The SMILES string of the molecule is CCNCCCc1cc(C)ccc1C. The van der Waals surface area contributed by atoms with Gasteiger partial charge < -0.3 is 5.32 Å². The maximum absolute atomic E-state index is 3.35. The summed E-state index contributed by atoms with van der Waals surface area (Å²) in [5, 5.41) is 3.35. The zero-order valence-electron chi connectivity index (χ0n) is 9.56. The molecular formula is C13H21N. The topological polar surface area (TPSA) is 12.0 Å². The van der Waals surface area contributed by atoms with Crippen LogP contribution in [0.25, 0.3) is 0 Å². The van der Waals surface area contributed by atoms with Crippen molar-refractivity contribution in [1.29, 1.82) is 0 Å². The van der Waals surface area contributed by atoms with Crippen molar-refractivity contribution in [3.63, 3.8) is 0 Å². The molecule has 1 heteroatoms. The molecule has 0 amide bonds. The van der Waals surface area contributed by atoms with Crippen molar-refractivity contribution in [2.75, 3.05) is 13.1 Å². The van der Waals surface area contributed by atoms with Crippen LogP contribution in [0.5, 0.6) is 0 Å². The van der Waals surface area contributed by atoms with Crippen LogP contribution in [0.2, 0.25) is 0 Å². The van der Waals surface area contributed by atoms with Crippen LogP contribution in [0.15, 0.2) is 18.2 Å². The average Bonchev–Trinajstić information content (AvgIpc) is 2.18. The van der Waals surface area contributed by atoms with E-state index < -0.39 is 0 Å². The molecule has 78 valence electrons.